The minimum Gasteiger partial charge on any atom is -0.492 e. The van der Waals surface area contributed by atoms with Crippen LogP contribution in [0, 0.1) is 18.3 Å². The zero-order valence-corrected chi connectivity index (χ0v) is 38.5. The van der Waals surface area contributed by atoms with E-state index in [4.69, 9.17) is 31.9 Å². The predicted molar refractivity (Wildman–Crippen MR) is 248 cm³/mol. The van der Waals surface area contributed by atoms with Gasteiger partial charge in [-0.05, 0) is 93.1 Å². The molecule has 0 radical (unpaired) electrons. The molecule has 0 fully saturated rings. The van der Waals surface area contributed by atoms with Crippen molar-refractivity contribution in [2.24, 2.45) is 17.2 Å². The first-order valence-corrected chi connectivity index (χ1v) is 22.1. The number of aromatic nitrogens is 1. The minimum atomic E-state index is -1.19. The number of aryl methyl sites for hydroxylation is 2. The third kappa shape index (κ3) is 17.9. The molecule has 4 rings (SSSR count). The van der Waals surface area contributed by atoms with Crippen LogP contribution in [-0.4, -0.2) is 105 Å². The molecule has 1 aliphatic rings. The Balaban J connectivity index is 0.00000142. The molecule has 2 heterocycles. The Morgan fingerprint density at radius 1 is 0.922 bits per heavy atom. The van der Waals surface area contributed by atoms with Gasteiger partial charge in [-0.15, -0.1) is 0 Å². The van der Waals surface area contributed by atoms with Crippen LogP contribution < -0.4 is 47.9 Å². The van der Waals surface area contributed by atoms with E-state index in [-0.39, 0.29) is 43.9 Å². The lowest BCUT2D eigenvalue weighted by atomic mass is 9.94. The van der Waals surface area contributed by atoms with Gasteiger partial charge in [0.1, 0.15) is 49.0 Å². The van der Waals surface area contributed by atoms with Gasteiger partial charge in [0.25, 0.3) is 5.91 Å². The summed E-state index contributed by atoms with van der Waals surface area (Å²) in [5, 5.41) is 18.3. The van der Waals surface area contributed by atoms with Crippen molar-refractivity contribution in [3.8, 4) is 28.7 Å². The molecule has 3 aromatic rings. The number of amides is 5. The van der Waals surface area contributed by atoms with E-state index in [0.29, 0.717) is 47.6 Å². The normalized spacial score (nSPS) is 15.5. The number of nitriles is 1. The first kappa shape index (κ1) is 54.0. The maximum absolute atomic E-state index is 14.1. The van der Waals surface area contributed by atoms with Crippen LogP contribution in [0.25, 0.3) is 11.1 Å². The molecule has 4 bridgehead atoms. The molecule has 1 aromatic heterocycles. The van der Waals surface area contributed by atoms with E-state index in [1.54, 1.807) is 37.4 Å². The highest BCUT2D eigenvalue weighted by Gasteiger charge is 2.32. The van der Waals surface area contributed by atoms with Crippen molar-refractivity contribution in [1.82, 2.24) is 31.2 Å². The van der Waals surface area contributed by atoms with Gasteiger partial charge in [0.15, 0.2) is 0 Å². The van der Waals surface area contributed by atoms with Crippen LogP contribution in [0.3, 0.4) is 0 Å². The van der Waals surface area contributed by atoms with Gasteiger partial charge in [-0.25, -0.2) is 0 Å². The third-order valence-electron chi connectivity index (χ3n) is 9.95. The van der Waals surface area contributed by atoms with Gasteiger partial charge in [0.2, 0.25) is 24.1 Å². The Morgan fingerprint density at radius 2 is 1.55 bits per heavy atom. The summed E-state index contributed by atoms with van der Waals surface area (Å²) in [6.07, 6.45) is 10.8. The van der Waals surface area contributed by atoms with Gasteiger partial charge in [-0.3, -0.25) is 29.0 Å². The molecule has 17 nitrogen and oxygen atoms in total. The summed E-state index contributed by atoms with van der Waals surface area (Å²) in [4.78, 5) is 69.4. The van der Waals surface area contributed by atoms with E-state index < -0.39 is 36.3 Å². The molecule has 5 amide bonds. The maximum Gasteiger partial charge on any atom is 0.270 e. The second-order valence-electron chi connectivity index (χ2n) is 15.4. The number of ether oxygens (including phenoxy) is 2. The number of nitrogens with one attached hydrogen (secondary N) is 4. The lowest BCUT2D eigenvalue weighted by Crippen LogP contribution is -2.52. The number of unbranched alkanes of at least 4 members (excludes halogenated alkanes) is 5. The Hall–Kier alpha value is -6.09. The number of carbonyl (C=O) groups is 5. The van der Waals surface area contributed by atoms with Crippen LogP contribution in [0.2, 0.25) is 0 Å². The molecule has 2 aromatic carbocycles. The van der Waals surface area contributed by atoms with E-state index in [2.05, 4.69) is 33.2 Å². The largest absolute Gasteiger partial charge is 0.492 e. The summed E-state index contributed by atoms with van der Waals surface area (Å²) in [6, 6.07) is 12.3. The molecular formula is C47H70N10O7. The molecule has 350 valence electrons. The monoisotopic (exact) mass is 887 g/mol. The smallest absolute Gasteiger partial charge is 0.270 e. The van der Waals surface area contributed by atoms with E-state index in [0.717, 1.165) is 42.5 Å². The highest BCUT2D eigenvalue weighted by atomic mass is 16.5. The fourth-order valence-electron chi connectivity index (χ4n) is 6.83. The SMILES string of the molecule is CCCCCCCCc1cnc(C(=O)NCC(=O)N(C)C2C(=O)N[C@@H](C)C(=O)NC(C)Cc3ccc(OCCN)c(c3)-c3cc2ccc3OCCN)c(C)c1.CCN.N#CCNC=O. The van der Waals surface area contributed by atoms with Gasteiger partial charge in [0.05, 0.1) is 12.6 Å². The van der Waals surface area contributed by atoms with Gasteiger partial charge in [-0.2, -0.15) is 5.26 Å². The summed E-state index contributed by atoms with van der Waals surface area (Å²) >= 11 is 0. The molecule has 17 heteroatoms. The number of hydrogen-bond acceptors (Lipinski definition) is 12. The highest BCUT2D eigenvalue weighted by molar-refractivity contribution is 5.97. The fraction of sp³-hybridized carbons (Fsp3) is 0.511. The van der Waals surface area contributed by atoms with Crippen molar-refractivity contribution in [3.05, 3.63) is 76.6 Å². The zero-order chi connectivity index (χ0) is 47.4. The molecule has 0 spiro atoms. The minimum absolute atomic E-state index is 0.101. The number of nitrogens with zero attached hydrogens (tertiary/aromatic N) is 3. The Kier molecular flexibility index (Phi) is 25.4. The summed E-state index contributed by atoms with van der Waals surface area (Å²) in [5.41, 5.74) is 21.1. The van der Waals surface area contributed by atoms with Crippen molar-refractivity contribution >= 4 is 30.0 Å². The standard InChI is InChI=1S/C42H59N7O6.C3H4N2O.C2H7N/c1-6-7-8-9-10-11-12-31-21-27(2)38(45-25-31)41(52)46-26-37(50)49(5)39-32-14-16-36(55-20-18-44)34(24-32)33-23-30(13-15-35(33)54-19-17-43)22-28(3)47-40(51)29(4)48-42(39)53;4-1-2-5-3-6;1-2-3/h13-16,21,23-25,28-29,39H,6-12,17-20,22,26,43-44H2,1-5H3,(H,46,52)(H,47,51)(H,48,53);3H,2H2,(H,5,6);2-3H2,1H3/t28?,29-,39?;;/m0../s1. The van der Waals surface area contributed by atoms with Crippen molar-refractivity contribution in [3.63, 3.8) is 0 Å². The molecule has 3 atom stereocenters. The third-order valence-corrected chi connectivity index (χ3v) is 9.95. The average molecular weight is 887 g/mol. The number of nitrogens with two attached hydrogens (primary N) is 3. The second kappa shape index (κ2) is 30.1. The number of pyridine rings is 1. The van der Waals surface area contributed by atoms with Crippen LogP contribution in [0.15, 0.2) is 48.7 Å². The number of benzene rings is 2. The molecule has 0 saturated heterocycles. The lowest BCUT2D eigenvalue weighted by molar-refractivity contribution is -0.139. The van der Waals surface area contributed by atoms with Crippen molar-refractivity contribution < 1.29 is 33.4 Å². The van der Waals surface area contributed by atoms with Crippen LogP contribution in [0.1, 0.15) is 105 Å². The topological polar surface area (TPSA) is 270 Å². The number of likely N-dealkylation sites (N-methyl/N-ethyl adjacent to an activating group) is 1. The van der Waals surface area contributed by atoms with Gasteiger partial charge >= 0.3 is 0 Å². The lowest BCUT2D eigenvalue weighted by Gasteiger charge is -2.30. The summed E-state index contributed by atoms with van der Waals surface area (Å²) in [6.45, 7) is 11.0. The first-order valence-electron chi connectivity index (χ1n) is 22.1. The molecule has 64 heavy (non-hydrogen) atoms. The summed E-state index contributed by atoms with van der Waals surface area (Å²) in [5.74, 6) is -0.914. The van der Waals surface area contributed by atoms with Crippen molar-refractivity contribution in [2.45, 2.75) is 104 Å². The number of carbonyl (C=O) groups excluding carboxylic acids is 5. The average Bonchev–Trinajstić information content (AvgIpc) is 3.27. The van der Waals surface area contributed by atoms with Gasteiger partial charge < -0.3 is 52.8 Å². The highest BCUT2D eigenvalue weighted by Crippen LogP contribution is 2.40. The molecule has 1 aliphatic heterocycles. The van der Waals surface area contributed by atoms with Crippen molar-refractivity contribution in [1.29, 1.82) is 5.26 Å². The van der Waals surface area contributed by atoms with Crippen molar-refractivity contribution in [2.75, 3.05) is 53.0 Å². The number of hydrogen-bond donors (Lipinski definition) is 7. The maximum atomic E-state index is 14.1. The zero-order valence-electron chi connectivity index (χ0n) is 38.5. The second-order valence-corrected chi connectivity index (χ2v) is 15.4. The molecule has 2 unspecified atom stereocenters. The van der Waals surface area contributed by atoms with Crippen LogP contribution in [0.5, 0.6) is 11.5 Å². The van der Waals surface area contributed by atoms with Crippen LogP contribution in [-0.2, 0) is 32.0 Å². The van der Waals surface area contributed by atoms with E-state index in [1.807, 2.05) is 45.0 Å². The number of rotatable bonds is 19. The Morgan fingerprint density at radius 3 is 2.14 bits per heavy atom. The molecule has 0 aliphatic carbocycles. The van der Waals surface area contributed by atoms with Crippen LogP contribution >= 0.6 is 0 Å². The number of fused-ring (bicyclic) bond motifs is 5. The van der Waals surface area contributed by atoms with Gasteiger partial charge in [0, 0.05) is 43.5 Å². The quantitative estimate of drug-likeness (QED) is 0.0519. The fourth-order valence-corrected chi connectivity index (χ4v) is 6.83. The first-order chi connectivity index (χ1) is 30.8. The molecule has 10 N–H and O–H groups in total. The van der Waals surface area contributed by atoms with Crippen LogP contribution in [0.4, 0.5) is 0 Å². The van der Waals surface area contributed by atoms with E-state index in [9.17, 15) is 24.0 Å². The summed E-state index contributed by atoms with van der Waals surface area (Å²) in [7, 11) is 1.49. The Bertz CT molecular complexity index is 1990. The van der Waals surface area contributed by atoms with Gasteiger partial charge in [-0.1, -0.05) is 64.2 Å². The van der Waals surface area contributed by atoms with E-state index >= 15 is 0 Å². The summed E-state index contributed by atoms with van der Waals surface area (Å²) < 4.78 is 12.1. The molecular weight excluding hydrogens is 817 g/mol. The Labute approximate surface area is 378 Å². The predicted octanol–water partition coefficient (Wildman–Crippen LogP) is 3.35. The molecule has 0 saturated carbocycles. The van der Waals surface area contributed by atoms with E-state index in [1.165, 1.54) is 37.6 Å².